The van der Waals surface area contributed by atoms with Gasteiger partial charge in [0, 0.05) is 30.6 Å². The lowest BCUT2D eigenvalue weighted by Crippen LogP contribution is -2.43. The number of nitrogens with zero attached hydrogens (tertiary/aromatic N) is 2. The van der Waals surface area contributed by atoms with Crippen molar-refractivity contribution in [3.05, 3.63) is 52.0 Å². The van der Waals surface area contributed by atoms with Crippen LogP contribution in [0.5, 0.6) is 0 Å². The van der Waals surface area contributed by atoms with Gasteiger partial charge in [0.15, 0.2) is 11.6 Å². The van der Waals surface area contributed by atoms with Crippen LogP contribution in [-0.4, -0.2) is 28.9 Å². The molecule has 2 atom stereocenters. The number of amides is 1. The molecule has 0 spiro atoms. The van der Waals surface area contributed by atoms with Crippen molar-refractivity contribution in [3.8, 4) is 0 Å². The van der Waals surface area contributed by atoms with Gasteiger partial charge in [-0.25, -0.2) is 13.8 Å². The van der Waals surface area contributed by atoms with Crippen LogP contribution in [0.4, 0.5) is 8.78 Å². The lowest BCUT2D eigenvalue weighted by atomic mass is 9.90. The molecule has 7 heteroatoms. The second-order valence-electron chi connectivity index (χ2n) is 7.40. The number of aromatic nitrogens is 1. The maximum absolute atomic E-state index is 13.5. The molecule has 2 aromatic rings. The molecular formula is C20H25F2N3OS. The SMILES string of the molecule is CC(C)C(=O)N[C@@H](c1nccs1)[C@@H]1CCCN(Cc2ccc(F)c(F)c2)C1. The van der Waals surface area contributed by atoms with Crippen molar-refractivity contribution in [2.24, 2.45) is 11.8 Å². The van der Waals surface area contributed by atoms with E-state index < -0.39 is 11.6 Å². The predicted octanol–water partition coefficient (Wildman–Crippen LogP) is 4.15. The van der Waals surface area contributed by atoms with Crippen molar-refractivity contribution in [1.29, 1.82) is 0 Å². The minimum absolute atomic E-state index is 0.0212. The standard InChI is InChI=1S/C20H25F2N3OS/c1-13(2)19(26)24-18(20-23-7-9-27-20)15-4-3-8-25(12-15)11-14-5-6-16(21)17(22)10-14/h5-7,9-10,13,15,18H,3-4,8,11-12H2,1-2H3,(H,24,26)/t15-,18-/m1/s1. The first-order valence-electron chi connectivity index (χ1n) is 9.30. The number of rotatable bonds is 6. The predicted molar refractivity (Wildman–Crippen MR) is 102 cm³/mol. The Morgan fingerprint density at radius 3 is 2.85 bits per heavy atom. The molecule has 4 nitrogen and oxygen atoms in total. The molecule has 1 fully saturated rings. The summed E-state index contributed by atoms with van der Waals surface area (Å²) in [5.74, 6) is -1.47. The van der Waals surface area contributed by atoms with Gasteiger partial charge in [-0.3, -0.25) is 9.69 Å². The summed E-state index contributed by atoms with van der Waals surface area (Å²) >= 11 is 1.55. The zero-order valence-corrected chi connectivity index (χ0v) is 16.4. The third-order valence-corrected chi connectivity index (χ3v) is 5.80. The van der Waals surface area contributed by atoms with E-state index in [1.165, 1.54) is 12.1 Å². The molecule has 1 aliphatic rings. The van der Waals surface area contributed by atoms with E-state index in [1.54, 1.807) is 23.6 Å². The van der Waals surface area contributed by atoms with Crippen LogP contribution in [0, 0.1) is 23.5 Å². The van der Waals surface area contributed by atoms with Gasteiger partial charge in [-0.1, -0.05) is 19.9 Å². The van der Waals surface area contributed by atoms with Crippen molar-refractivity contribution in [2.75, 3.05) is 13.1 Å². The average molecular weight is 394 g/mol. The number of thiazole rings is 1. The summed E-state index contributed by atoms with van der Waals surface area (Å²) in [6.07, 6.45) is 3.75. The second-order valence-corrected chi connectivity index (χ2v) is 8.32. The zero-order valence-electron chi connectivity index (χ0n) is 15.6. The van der Waals surface area contributed by atoms with Crippen LogP contribution in [0.2, 0.25) is 0 Å². The fourth-order valence-corrected chi connectivity index (χ4v) is 4.27. The number of halogens is 2. The molecule has 3 rings (SSSR count). The molecule has 1 aromatic heterocycles. The number of nitrogens with one attached hydrogen (secondary N) is 1. The van der Waals surface area contributed by atoms with Gasteiger partial charge < -0.3 is 5.32 Å². The van der Waals surface area contributed by atoms with Crippen molar-refractivity contribution in [1.82, 2.24) is 15.2 Å². The summed E-state index contributed by atoms with van der Waals surface area (Å²) < 4.78 is 26.6. The van der Waals surface area contributed by atoms with E-state index in [0.717, 1.165) is 36.5 Å². The van der Waals surface area contributed by atoms with Crippen LogP contribution in [0.25, 0.3) is 0 Å². The fraction of sp³-hybridized carbons (Fsp3) is 0.500. The molecule has 0 aliphatic carbocycles. The second kappa shape index (κ2) is 8.89. The minimum Gasteiger partial charge on any atom is -0.346 e. The fourth-order valence-electron chi connectivity index (χ4n) is 3.49. The van der Waals surface area contributed by atoms with E-state index in [0.29, 0.717) is 6.54 Å². The Morgan fingerprint density at radius 1 is 1.37 bits per heavy atom. The van der Waals surface area contributed by atoms with E-state index in [2.05, 4.69) is 15.2 Å². The molecule has 0 radical (unpaired) electrons. The Labute approximate surface area is 162 Å². The lowest BCUT2D eigenvalue weighted by molar-refractivity contribution is -0.125. The molecule has 27 heavy (non-hydrogen) atoms. The Morgan fingerprint density at radius 2 is 2.19 bits per heavy atom. The van der Waals surface area contributed by atoms with Crippen LogP contribution in [0.3, 0.4) is 0 Å². The maximum Gasteiger partial charge on any atom is 0.223 e. The highest BCUT2D eigenvalue weighted by molar-refractivity contribution is 7.09. The molecule has 146 valence electrons. The number of likely N-dealkylation sites (tertiary alicyclic amines) is 1. The summed E-state index contributed by atoms with van der Waals surface area (Å²) in [4.78, 5) is 19.0. The number of hydrogen-bond acceptors (Lipinski definition) is 4. The number of benzene rings is 1. The monoisotopic (exact) mass is 393 g/mol. The highest BCUT2D eigenvalue weighted by atomic mass is 32.1. The van der Waals surface area contributed by atoms with Gasteiger partial charge in [0.2, 0.25) is 5.91 Å². The molecule has 1 N–H and O–H groups in total. The van der Waals surface area contributed by atoms with Gasteiger partial charge in [0.25, 0.3) is 0 Å². The number of hydrogen-bond donors (Lipinski definition) is 1. The number of piperidine rings is 1. The number of carbonyl (C=O) groups excluding carboxylic acids is 1. The Bertz CT molecular complexity index is 767. The molecular weight excluding hydrogens is 368 g/mol. The van der Waals surface area contributed by atoms with E-state index in [4.69, 9.17) is 0 Å². The summed E-state index contributed by atoms with van der Waals surface area (Å²) in [6.45, 7) is 6.01. The van der Waals surface area contributed by atoms with Crippen molar-refractivity contribution < 1.29 is 13.6 Å². The molecule has 1 amide bonds. The summed E-state index contributed by atoms with van der Waals surface area (Å²) in [5.41, 5.74) is 0.756. The molecule has 2 heterocycles. The quantitative estimate of drug-likeness (QED) is 0.802. The van der Waals surface area contributed by atoms with Crippen molar-refractivity contribution >= 4 is 17.2 Å². The molecule has 0 unspecified atom stereocenters. The van der Waals surface area contributed by atoms with E-state index >= 15 is 0 Å². The van der Waals surface area contributed by atoms with Crippen LogP contribution in [-0.2, 0) is 11.3 Å². The molecule has 1 saturated heterocycles. The first-order chi connectivity index (χ1) is 12.9. The maximum atomic E-state index is 13.5. The lowest BCUT2D eigenvalue weighted by Gasteiger charge is -2.37. The Hall–Kier alpha value is -1.86. The van der Waals surface area contributed by atoms with Crippen LogP contribution in [0.1, 0.15) is 43.3 Å². The first-order valence-corrected chi connectivity index (χ1v) is 10.2. The van der Waals surface area contributed by atoms with E-state index in [9.17, 15) is 13.6 Å². The minimum atomic E-state index is -0.824. The van der Waals surface area contributed by atoms with Crippen LogP contribution < -0.4 is 5.32 Å². The highest BCUT2D eigenvalue weighted by Crippen LogP contribution is 2.32. The summed E-state index contributed by atoms with van der Waals surface area (Å²) in [7, 11) is 0. The highest BCUT2D eigenvalue weighted by Gasteiger charge is 2.31. The summed E-state index contributed by atoms with van der Waals surface area (Å²) in [5, 5.41) is 6.00. The molecule has 1 aromatic carbocycles. The van der Waals surface area contributed by atoms with E-state index in [-0.39, 0.29) is 23.8 Å². The van der Waals surface area contributed by atoms with Gasteiger partial charge in [0.05, 0.1) is 6.04 Å². The topological polar surface area (TPSA) is 45.2 Å². The molecule has 1 aliphatic heterocycles. The zero-order chi connectivity index (χ0) is 19.4. The Kier molecular flexibility index (Phi) is 6.55. The van der Waals surface area contributed by atoms with Crippen LogP contribution in [0.15, 0.2) is 29.8 Å². The van der Waals surface area contributed by atoms with Gasteiger partial charge in [-0.2, -0.15) is 0 Å². The third kappa shape index (κ3) is 5.11. The summed E-state index contributed by atoms with van der Waals surface area (Å²) in [6, 6.07) is 3.94. The molecule has 0 saturated carbocycles. The van der Waals surface area contributed by atoms with E-state index in [1.807, 2.05) is 19.2 Å². The van der Waals surface area contributed by atoms with Gasteiger partial charge in [0.1, 0.15) is 5.01 Å². The normalized spacial score (nSPS) is 19.2. The van der Waals surface area contributed by atoms with Gasteiger partial charge >= 0.3 is 0 Å². The van der Waals surface area contributed by atoms with Crippen LogP contribution >= 0.6 is 11.3 Å². The average Bonchev–Trinajstić information content (AvgIpc) is 3.17. The van der Waals surface area contributed by atoms with Crippen molar-refractivity contribution in [3.63, 3.8) is 0 Å². The third-order valence-electron chi connectivity index (χ3n) is 4.94. The van der Waals surface area contributed by atoms with Gasteiger partial charge in [-0.15, -0.1) is 11.3 Å². The first kappa shape index (κ1) is 19.9. The smallest absolute Gasteiger partial charge is 0.223 e. The number of carbonyl (C=O) groups is 1. The largest absolute Gasteiger partial charge is 0.346 e. The van der Waals surface area contributed by atoms with Gasteiger partial charge in [-0.05, 0) is 43.0 Å². The Balaban J connectivity index is 1.71. The molecule has 0 bridgehead atoms. The van der Waals surface area contributed by atoms with Crippen molar-refractivity contribution in [2.45, 2.75) is 39.3 Å².